The molecule has 1 aromatic heterocycles. The van der Waals surface area contributed by atoms with Gasteiger partial charge in [0.25, 0.3) is 0 Å². The number of anilines is 1. The number of halogens is 1. The van der Waals surface area contributed by atoms with Crippen molar-refractivity contribution in [1.29, 1.82) is 0 Å². The standard InChI is InChI=1S/C17H17ClN4OS/c1-2-24-17-20-16-19-12-4-3-5-13(23)14(12)15(22(16)21-17)10-6-8-11(18)9-7-10/h6-9,15H,2-5H2,1H3,(H,19,20,21)/t15-/m0/s1. The lowest BCUT2D eigenvalue weighted by atomic mass is 9.85. The number of benzene rings is 1. The molecule has 0 spiro atoms. The van der Waals surface area contributed by atoms with Crippen LogP contribution in [0.25, 0.3) is 0 Å². The van der Waals surface area contributed by atoms with Crippen molar-refractivity contribution in [1.82, 2.24) is 14.8 Å². The van der Waals surface area contributed by atoms with E-state index in [1.54, 1.807) is 11.8 Å². The number of aromatic nitrogens is 3. The number of ketones is 1. The summed E-state index contributed by atoms with van der Waals surface area (Å²) >= 11 is 7.63. The van der Waals surface area contributed by atoms with Crippen LogP contribution in [-0.2, 0) is 4.79 Å². The molecule has 1 aromatic carbocycles. The first kappa shape index (κ1) is 15.7. The molecule has 0 amide bonds. The highest BCUT2D eigenvalue weighted by atomic mass is 35.5. The van der Waals surface area contributed by atoms with E-state index in [9.17, 15) is 4.79 Å². The number of nitrogens with zero attached hydrogens (tertiary/aromatic N) is 3. The van der Waals surface area contributed by atoms with Crippen molar-refractivity contribution >= 4 is 35.1 Å². The summed E-state index contributed by atoms with van der Waals surface area (Å²) < 4.78 is 1.84. The predicted octanol–water partition coefficient (Wildman–Crippen LogP) is 4.07. The van der Waals surface area contributed by atoms with Gasteiger partial charge in [0.05, 0.1) is 0 Å². The first-order valence-corrected chi connectivity index (χ1v) is 9.42. The minimum atomic E-state index is -0.236. The Bertz CT molecular complexity index is 828. The molecule has 0 bridgehead atoms. The monoisotopic (exact) mass is 360 g/mol. The summed E-state index contributed by atoms with van der Waals surface area (Å²) in [6.07, 6.45) is 2.34. The SMILES string of the molecule is CCSc1nc2n(n1)[C@@H](c1ccc(Cl)cc1)C1=C(CCCC1=O)N2. The van der Waals surface area contributed by atoms with Gasteiger partial charge in [0.15, 0.2) is 5.78 Å². The lowest BCUT2D eigenvalue weighted by molar-refractivity contribution is -0.116. The van der Waals surface area contributed by atoms with E-state index in [1.807, 2.05) is 28.9 Å². The number of Topliss-reactive ketones (excluding diaryl/α,β-unsaturated/α-hetero) is 1. The van der Waals surface area contributed by atoms with E-state index in [0.717, 1.165) is 40.6 Å². The van der Waals surface area contributed by atoms with Crippen molar-refractivity contribution in [3.05, 3.63) is 46.1 Å². The summed E-state index contributed by atoms with van der Waals surface area (Å²) in [5.41, 5.74) is 2.80. The van der Waals surface area contributed by atoms with Gasteiger partial charge in [0, 0.05) is 22.7 Å². The lowest BCUT2D eigenvalue weighted by Gasteiger charge is -2.32. The van der Waals surface area contributed by atoms with Gasteiger partial charge < -0.3 is 5.32 Å². The van der Waals surface area contributed by atoms with Crippen molar-refractivity contribution < 1.29 is 4.79 Å². The second-order valence-corrected chi connectivity index (χ2v) is 7.51. The van der Waals surface area contributed by atoms with E-state index in [-0.39, 0.29) is 11.8 Å². The van der Waals surface area contributed by atoms with Gasteiger partial charge in [0.1, 0.15) is 6.04 Å². The van der Waals surface area contributed by atoms with Crippen molar-refractivity contribution in [2.75, 3.05) is 11.1 Å². The number of thioether (sulfide) groups is 1. The maximum Gasteiger partial charge on any atom is 0.227 e. The topological polar surface area (TPSA) is 59.8 Å². The molecule has 5 nitrogen and oxygen atoms in total. The average Bonchev–Trinajstić information content (AvgIpc) is 2.96. The molecule has 0 saturated heterocycles. The van der Waals surface area contributed by atoms with Gasteiger partial charge in [-0.05, 0) is 36.3 Å². The molecule has 0 saturated carbocycles. The maximum absolute atomic E-state index is 12.6. The Morgan fingerprint density at radius 3 is 2.88 bits per heavy atom. The highest BCUT2D eigenvalue weighted by Crippen LogP contribution is 2.40. The predicted molar refractivity (Wildman–Crippen MR) is 95.5 cm³/mol. The Kier molecular flexibility index (Phi) is 4.10. The Hall–Kier alpha value is -1.79. The Labute approximate surface area is 149 Å². The third-order valence-corrected chi connectivity index (χ3v) is 5.28. The van der Waals surface area contributed by atoms with Crippen molar-refractivity contribution in [2.24, 2.45) is 0 Å². The molecule has 0 radical (unpaired) electrons. The molecular formula is C17H17ClN4OS. The first-order chi connectivity index (χ1) is 11.7. The minimum absolute atomic E-state index is 0.189. The zero-order valence-electron chi connectivity index (χ0n) is 13.3. The largest absolute Gasteiger partial charge is 0.328 e. The molecule has 0 fully saturated rings. The summed E-state index contributed by atoms with van der Waals surface area (Å²) in [6.45, 7) is 2.07. The summed E-state index contributed by atoms with van der Waals surface area (Å²) in [5, 5.41) is 9.37. The molecule has 1 atom stereocenters. The second kappa shape index (κ2) is 6.26. The first-order valence-electron chi connectivity index (χ1n) is 8.05. The van der Waals surface area contributed by atoms with E-state index in [2.05, 4.69) is 22.3 Å². The van der Waals surface area contributed by atoms with Crippen molar-refractivity contribution in [3.63, 3.8) is 0 Å². The zero-order chi connectivity index (χ0) is 16.7. The fourth-order valence-electron chi connectivity index (χ4n) is 3.28. The molecule has 124 valence electrons. The van der Waals surface area contributed by atoms with Crippen LogP contribution in [0.3, 0.4) is 0 Å². The van der Waals surface area contributed by atoms with E-state index in [0.29, 0.717) is 17.4 Å². The number of carbonyl (C=O) groups is 1. The van der Waals surface area contributed by atoms with Gasteiger partial charge in [-0.25, -0.2) is 4.68 Å². The summed E-state index contributed by atoms with van der Waals surface area (Å²) in [5.74, 6) is 1.80. The van der Waals surface area contributed by atoms with Crippen LogP contribution in [0.15, 0.2) is 40.7 Å². The molecule has 7 heteroatoms. The smallest absolute Gasteiger partial charge is 0.227 e. The normalized spacial score (nSPS) is 19.8. The number of rotatable bonds is 3. The average molecular weight is 361 g/mol. The van der Waals surface area contributed by atoms with Crippen LogP contribution < -0.4 is 5.32 Å². The van der Waals surface area contributed by atoms with Crippen LogP contribution in [-0.4, -0.2) is 26.3 Å². The van der Waals surface area contributed by atoms with Gasteiger partial charge in [-0.15, -0.1) is 5.10 Å². The van der Waals surface area contributed by atoms with Gasteiger partial charge in [-0.3, -0.25) is 4.79 Å². The third-order valence-electron chi connectivity index (χ3n) is 4.31. The molecule has 4 rings (SSSR count). The van der Waals surface area contributed by atoms with Crippen LogP contribution in [0.4, 0.5) is 5.95 Å². The maximum atomic E-state index is 12.6. The number of hydrogen-bond acceptors (Lipinski definition) is 5. The van der Waals surface area contributed by atoms with Crippen molar-refractivity contribution in [3.8, 4) is 0 Å². The molecule has 1 aliphatic carbocycles. The summed E-state index contributed by atoms with van der Waals surface area (Å²) in [7, 11) is 0. The van der Waals surface area contributed by atoms with Gasteiger partial charge in [-0.2, -0.15) is 4.98 Å². The highest BCUT2D eigenvalue weighted by Gasteiger charge is 2.36. The molecule has 1 N–H and O–H groups in total. The fourth-order valence-corrected chi connectivity index (χ4v) is 3.96. The van der Waals surface area contributed by atoms with E-state index >= 15 is 0 Å². The quantitative estimate of drug-likeness (QED) is 0.836. The van der Waals surface area contributed by atoms with E-state index < -0.39 is 0 Å². The molecular weight excluding hydrogens is 344 g/mol. The number of fused-ring (bicyclic) bond motifs is 1. The van der Waals surface area contributed by atoms with Crippen molar-refractivity contribution in [2.45, 2.75) is 37.4 Å². The minimum Gasteiger partial charge on any atom is -0.328 e. The van der Waals surface area contributed by atoms with Crippen LogP contribution in [0.1, 0.15) is 37.8 Å². The second-order valence-electron chi connectivity index (χ2n) is 5.84. The van der Waals surface area contributed by atoms with Crippen LogP contribution in [0, 0.1) is 0 Å². The van der Waals surface area contributed by atoms with Gasteiger partial charge in [-0.1, -0.05) is 42.4 Å². The number of allylic oxidation sites excluding steroid dienone is 2. The summed E-state index contributed by atoms with van der Waals surface area (Å²) in [4.78, 5) is 17.2. The molecule has 2 heterocycles. The van der Waals surface area contributed by atoms with Gasteiger partial charge >= 0.3 is 0 Å². The molecule has 24 heavy (non-hydrogen) atoms. The number of nitrogens with one attached hydrogen (secondary N) is 1. The fraction of sp³-hybridized carbons (Fsp3) is 0.353. The van der Waals surface area contributed by atoms with Crippen LogP contribution in [0.5, 0.6) is 0 Å². The van der Waals surface area contributed by atoms with E-state index in [1.165, 1.54) is 0 Å². The zero-order valence-corrected chi connectivity index (χ0v) is 14.8. The molecule has 2 aromatic rings. The Morgan fingerprint density at radius 1 is 1.33 bits per heavy atom. The van der Waals surface area contributed by atoms with E-state index in [4.69, 9.17) is 11.6 Å². The molecule has 1 aliphatic heterocycles. The van der Waals surface area contributed by atoms with Gasteiger partial charge in [0.2, 0.25) is 11.1 Å². The van der Waals surface area contributed by atoms with Crippen LogP contribution in [0.2, 0.25) is 5.02 Å². The van der Waals surface area contributed by atoms with Crippen LogP contribution >= 0.6 is 23.4 Å². The lowest BCUT2D eigenvalue weighted by Crippen LogP contribution is -2.31. The number of hydrogen-bond donors (Lipinski definition) is 1. The number of carbonyl (C=O) groups excluding carboxylic acids is 1. The highest BCUT2D eigenvalue weighted by molar-refractivity contribution is 7.99. The molecule has 0 unspecified atom stereocenters. The third kappa shape index (κ3) is 2.63. The Morgan fingerprint density at radius 2 is 2.12 bits per heavy atom. The summed E-state index contributed by atoms with van der Waals surface area (Å²) in [6, 6.07) is 7.39. The molecule has 2 aliphatic rings. The Balaban J connectivity index is 1.87.